The third kappa shape index (κ3) is 3.88. The highest BCUT2D eigenvalue weighted by atomic mass is 15.3. The maximum Gasteiger partial charge on any atom is 0.159 e. The largest absolute Gasteiger partial charge is 0.354 e. The fourth-order valence-corrected chi connectivity index (χ4v) is 4.36. The van der Waals surface area contributed by atoms with Gasteiger partial charge in [0.2, 0.25) is 0 Å². The van der Waals surface area contributed by atoms with Crippen LogP contribution in [0.25, 0.3) is 22.2 Å². The van der Waals surface area contributed by atoms with Crippen molar-refractivity contribution in [1.82, 2.24) is 30.3 Å². The van der Waals surface area contributed by atoms with E-state index < -0.39 is 0 Å². The highest BCUT2D eigenvalue weighted by Gasteiger charge is 2.23. The molecule has 0 amide bonds. The zero-order valence-electron chi connectivity index (χ0n) is 18.0. The van der Waals surface area contributed by atoms with Crippen LogP contribution in [-0.4, -0.2) is 44.1 Å². The summed E-state index contributed by atoms with van der Waals surface area (Å²) in [5.74, 6) is 0.973. The molecule has 1 N–H and O–H groups in total. The van der Waals surface area contributed by atoms with E-state index >= 15 is 0 Å². The van der Waals surface area contributed by atoms with Crippen molar-refractivity contribution in [3.8, 4) is 11.4 Å². The van der Waals surface area contributed by atoms with Crippen LogP contribution in [0.1, 0.15) is 24.1 Å². The Morgan fingerprint density at radius 1 is 0.968 bits per heavy atom. The third-order valence-corrected chi connectivity index (χ3v) is 6.20. The number of rotatable bonds is 5. The average Bonchev–Trinajstić information content (AvgIpc) is 3.24. The van der Waals surface area contributed by atoms with E-state index in [1.54, 1.807) is 6.20 Å². The fourth-order valence-electron chi connectivity index (χ4n) is 4.36. The fraction of sp³-hybridized carbons (Fsp3) is 0.333. The van der Waals surface area contributed by atoms with E-state index in [1.807, 2.05) is 30.1 Å². The molecule has 7 nitrogen and oxygen atoms in total. The van der Waals surface area contributed by atoms with Crippen molar-refractivity contribution in [2.45, 2.75) is 32.4 Å². The highest BCUT2D eigenvalue weighted by Crippen LogP contribution is 2.32. The molecular weight excluding hydrogens is 386 g/mol. The molecule has 3 aromatic heterocycles. The van der Waals surface area contributed by atoms with Gasteiger partial charge in [-0.25, -0.2) is 0 Å². The first kappa shape index (κ1) is 19.6. The standard InChI is InChI=1S/C24H27N7/c1-17-6-5-12-25-21(17)16-26-18-10-14-31(15-11-18)24-20-8-4-3-7-19(20)23(28-29-24)22-9-13-27-30(22)2/h3-9,12-13,18,26H,10-11,14-16H2,1-2H3. The van der Waals surface area contributed by atoms with Gasteiger partial charge in [0.25, 0.3) is 0 Å². The van der Waals surface area contributed by atoms with Gasteiger partial charge in [0, 0.05) is 55.9 Å². The lowest BCUT2D eigenvalue weighted by atomic mass is 10.0. The first-order valence-electron chi connectivity index (χ1n) is 10.8. The molecule has 158 valence electrons. The first-order chi connectivity index (χ1) is 15.2. The van der Waals surface area contributed by atoms with Crippen molar-refractivity contribution in [3.05, 3.63) is 66.1 Å². The first-order valence-corrected chi connectivity index (χ1v) is 10.8. The van der Waals surface area contributed by atoms with Gasteiger partial charge < -0.3 is 10.2 Å². The molecule has 4 aromatic rings. The monoisotopic (exact) mass is 413 g/mol. The van der Waals surface area contributed by atoms with Gasteiger partial charge in [-0.3, -0.25) is 9.67 Å². The summed E-state index contributed by atoms with van der Waals surface area (Å²) < 4.78 is 1.84. The van der Waals surface area contributed by atoms with Gasteiger partial charge in [0.05, 0.1) is 11.4 Å². The zero-order valence-corrected chi connectivity index (χ0v) is 18.0. The Morgan fingerprint density at radius 2 is 1.77 bits per heavy atom. The Morgan fingerprint density at radius 3 is 2.52 bits per heavy atom. The highest BCUT2D eigenvalue weighted by molar-refractivity contribution is 5.99. The average molecular weight is 414 g/mol. The van der Waals surface area contributed by atoms with Crippen LogP contribution in [0.3, 0.4) is 0 Å². The topological polar surface area (TPSA) is 71.8 Å². The lowest BCUT2D eigenvalue weighted by molar-refractivity contribution is 0.410. The molecular formula is C24H27N7. The zero-order chi connectivity index (χ0) is 21.2. The summed E-state index contributed by atoms with van der Waals surface area (Å²) in [6, 6.07) is 15.0. The van der Waals surface area contributed by atoms with Crippen molar-refractivity contribution >= 4 is 16.6 Å². The van der Waals surface area contributed by atoms with Gasteiger partial charge in [-0.2, -0.15) is 5.10 Å². The van der Waals surface area contributed by atoms with E-state index in [4.69, 9.17) is 0 Å². The maximum absolute atomic E-state index is 4.66. The number of nitrogens with zero attached hydrogens (tertiary/aromatic N) is 6. The lowest BCUT2D eigenvalue weighted by Crippen LogP contribution is -2.42. The van der Waals surface area contributed by atoms with Gasteiger partial charge >= 0.3 is 0 Å². The molecule has 7 heteroatoms. The number of anilines is 1. The Balaban J connectivity index is 1.32. The summed E-state index contributed by atoms with van der Waals surface area (Å²) in [7, 11) is 1.93. The van der Waals surface area contributed by atoms with Crippen LogP contribution in [0, 0.1) is 6.92 Å². The second-order valence-corrected chi connectivity index (χ2v) is 8.17. The number of aryl methyl sites for hydroxylation is 2. The molecule has 1 aromatic carbocycles. The Kier molecular flexibility index (Phi) is 5.34. The Bertz CT molecular complexity index is 1190. The van der Waals surface area contributed by atoms with E-state index in [9.17, 15) is 0 Å². The number of benzene rings is 1. The number of hydrogen-bond donors (Lipinski definition) is 1. The molecule has 1 saturated heterocycles. The number of nitrogens with one attached hydrogen (secondary N) is 1. The molecule has 31 heavy (non-hydrogen) atoms. The molecule has 4 heterocycles. The SMILES string of the molecule is Cc1cccnc1CNC1CCN(c2nnc(-c3ccnn3C)c3ccccc23)CC1. The van der Waals surface area contributed by atoms with Crippen LogP contribution in [0.5, 0.6) is 0 Å². The van der Waals surface area contributed by atoms with Crippen molar-refractivity contribution in [3.63, 3.8) is 0 Å². The molecule has 1 aliphatic rings. The molecule has 0 atom stereocenters. The Hall–Kier alpha value is -3.32. The molecule has 0 bridgehead atoms. The molecule has 0 radical (unpaired) electrons. The van der Waals surface area contributed by atoms with E-state index in [-0.39, 0.29) is 0 Å². The predicted octanol–water partition coefficient (Wildman–Crippen LogP) is 3.49. The number of pyridine rings is 1. The molecule has 0 unspecified atom stereocenters. The number of hydrogen-bond acceptors (Lipinski definition) is 6. The molecule has 0 spiro atoms. The number of piperidine rings is 1. The number of fused-ring (bicyclic) bond motifs is 1. The minimum Gasteiger partial charge on any atom is -0.354 e. The van der Waals surface area contributed by atoms with Gasteiger partial charge in [-0.15, -0.1) is 10.2 Å². The summed E-state index contributed by atoms with van der Waals surface area (Å²) in [5, 5.41) is 19.5. The molecule has 0 saturated carbocycles. The van der Waals surface area contributed by atoms with Gasteiger partial charge in [-0.1, -0.05) is 30.3 Å². The van der Waals surface area contributed by atoms with Gasteiger partial charge in [0.15, 0.2) is 5.82 Å². The second kappa shape index (κ2) is 8.43. The van der Waals surface area contributed by atoms with Crippen molar-refractivity contribution in [2.75, 3.05) is 18.0 Å². The van der Waals surface area contributed by atoms with E-state index in [0.717, 1.165) is 66.1 Å². The smallest absolute Gasteiger partial charge is 0.159 e. The van der Waals surface area contributed by atoms with Crippen LogP contribution in [0.4, 0.5) is 5.82 Å². The summed E-state index contributed by atoms with van der Waals surface area (Å²) in [5.41, 5.74) is 4.22. The van der Waals surface area contributed by atoms with E-state index in [2.05, 4.69) is 67.8 Å². The summed E-state index contributed by atoms with van der Waals surface area (Å²) >= 11 is 0. The lowest BCUT2D eigenvalue weighted by Gasteiger charge is -2.33. The molecule has 1 aliphatic heterocycles. The van der Waals surface area contributed by atoms with Crippen molar-refractivity contribution in [1.29, 1.82) is 0 Å². The summed E-state index contributed by atoms with van der Waals surface area (Å²) in [6.07, 6.45) is 5.81. The summed E-state index contributed by atoms with van der Waals surface area (Å²) in [4.78, 5) is 6.87. The van der Waals surface area contributed by atoms with Gasteiger partial charge in [0.1, 0.15) is 5.69 Å². The van der Waals surface area contributed by atoms with Crippen molar-refractivity contribution < 1.29 is 0 Å². The van der Waals surface area contributed by atoms with Crippen LogP contribution in [0.2, 0.25) is 0 Å². The second-order valence-electron chi connectivity index (χ2n) is 8.17. The number of aromatic nitrogens is 5. The van der Waals surface area contributed by atoms with E-state index in [0.29, 0.717) is 6.04 Å². The quantitative estimate of drug-likeness (QED) is 0.540. The normalized spacial score (nSPS) is 15.0. The van der Waals surface area contributed by atoms with Crippen LogP contribution < -0.4 is 10.2 Å². The summed E-state index contributed by atoms with van der Waals surface area (Å²) in [6.45, 7) is 4.86. The Labute approximate surface area is 182 Å². The van der Waals surface area contributed by atoms with Crippen LogP contribution in [-0.2, 0) is 13.6 Å². The minimum absolute atomic E-state index is 0.491. The maximum atomic E-state index is 4.66. The van der Waals surface area contributed by atoms with Gasteiger partial charge in [-0.05, 0) is 37.5 Å². The van der Waals surface area contributed by atoms with Crippen LogP contribution in [0.15, 0.2) is 54.9 Å². The molecule has 0 aliphatic carbocycles. The minimum atomic E-state index is 0.491. The van der Waals surface area contributed by atoms with Crippen LogP contribution >= 0.6 is 0 Å². The van der Waals surface area contributed by atoms with E-state index in [1.165, 1.54) is 5.56 Å². The third-order valence-electron chi connectivity index (χ3n) is 6.20. The van der Waals surface area contributed by atoms with Crippen molar-refractivity contribution in [2.24, 2.45) is 7.05 Å². The molecule has 5 rings (SSSR count). The molecule has 1 fully saturated rings. The predicted molar refractivity (Wildman–Crippen MR) is 123 cm³/mol.